The number of hydrogen-bond donors (Lipinski definition) is 4. The zero-order valence-electron chi connectivity index (χ0n) is 24.2. The number of carbonyl (C=O) groups excluding carboxylic acids is 1. The van der Waals surface area contributed by atoms with Crippen molar-refractivity contribution >= 4 is 17.9 Å². The maximum absolute atomic E-state index is 14.0. The van der Waals surface area contributed by atoms with E-state index in [2.05, 4.69) is 20.8 Å². The minimum absolute atomic E-state index is 0.0642. The van der Waals surface area contributed by atoms with Crippen LogP contribution in [0.1, 0.15) is 99.8 Å². The van der Waals surface area contributed by atoms with Gasteiger partial charge in [-0.2, -0.15) is 0 Å². The van der Waals surface area contributed by atoms with Crippen molar-refractivity contribution in [3.63, 3.8) is 0 Å². The SMILES string of the molecule is CC1(C)CC[C@]2(C(=O)O)[C@H](O)C[C@]3(C)[C@H](C(=O)OC[C@@H]4[C@@](C)(CCC(=O)O)[C@H](C(C)(C)O)CC[C@]43C)[C@@H]2C1. The number of esters is 1. The Morgan fingerprint density at radius 1 is 1.00 bits per heavy atom. The Labute approximate surface area is 226 Å². The lowest BCUT2D eigenvalue weighted by atomic mass is 9.35. The van der Waals surface area contributed by atoms with Crippen LogP contribution in [0.5, 0.6) is 0 Å². The van der Waals surface area contributed by atoms with Gasteiger partial charge in [0.25, 0.3) is 0 Å². The van der Waals surface area contributed by atoms with Gasteiger partial charge in [0.1, 0.15) is 0 Å². The van der Waals surface area contributed by atoms with Gasteiger partial charge >= 0.3 is 17.9 Å². The van der Waals surface area contributed by atoms with Crippen LogP contribution in [0.2, 0.25) is 0 Å². The molecule has 0 aromatic heterocycles. The molecule has 0 amide bonds. The molecule has 4 aliphatic rings. The van der Waals surface area contributed by atoms with Crippen LogP contribution in [0.3, 0.4) is 0 Å². The first kappa shape index (κ1) is 29.3. The molecule has 0 aromatic rings. The first-order valence-corrected chi connectivity index (χ1v) is 14.3. The van der Waals surface area contributed by atoms with Gasteiger partial charge in [0.15, 0.2) is 0 Å². The highest BCUT2D eigenvalue weighted by molar-refractivity contribution is 5.81. The summed E-state index contributed by atoms with van der Waals surface area (Å²) in [5.74, 6) is -4.10. The van der Waals surface area contributed by atoms with E-state index in [0.717, 1.165) is 0 Å². The number of aliphatic carboxylic acids is 2. The Hall–Kier alpha value is -1.67. The average Bonchev–Trinajstić information content (AvgIpc) is 2.83. The van der Waals surface area contributed by atoms with Crippen LogP contribution in [0.25, 0.3) is 0 Å². The van der Waals surface area contributed by atoms with E-state index in [0.29, 0.717) is 38.5 Å². The summed E-state index contributed by atoms with van der Waals surface area (Å²) in [6.45, 7) is 14.0. The number of fused-ring (bicyclic) bond motifs is 5. The van der Waals surface area contributed by atoms with Crippen molar-refractivity contribution in [3.8, 4) is 0 Å². The monoisotopic (exact) mass is 536 g/mol. The zero-order chi connectivity index (χ0) is 28.7. The first-order valence-electron chi connectivity index (χ1n) is 14.3. The fourth-order valence-corrected chi connectivity index (χ4v) is 10.1. The van der Waals surface area contributed by atoms with Crippen LogP contribution in [0.15, 0.2) is 0 Å². The van der Waals surface area contributed by atoms with Crippen molar-refractivity contribution < 1.29 is 39.5 Å². The Balaban J connectivity index is 1.89. The number of cyclic esters (lactones) is 1. The van der Waals surface area contributed by atoms with E-state index >= 15 is 0 Å². The fourth-order valence-electron chi connectivity index (χ4n) is 10.1. The predicted octanol–water partition coefficient (Wildman–Crippen LogP) is 4.50. The number of ether oxygens (including phenoxy) is 1. The molecule has 1 saturated heterocycles. The molecule has 0 spiro atoms. The highest BCUT2D eigenvalue weighted by Crippen LogP contribution is 2.73. The van der Waals surface area contributed by atoms with Crippen LogP contribution in [-0.2, 0) is 19.1 Å². The summed E-state index contributed by atoms with van der Waals surface area (Å²) in [5, 5.41) is 43.1. The summed E-state index contributed by atoms with van der Waals surface area (Å²) in [7, 11) is 0. The van der Waals surface area contributed by atoms with Crippen LogP contribution < -0.4 is 0 Å². The van der Waals surface area contributed by atoms with Crippen LogP contribution in [0, 0.1) is 50.7 Å². The number of aliphatic hydroxyl groups is 2. The standard InChI is InChI=1S/C30H48O8/c1-25(2)12-13-30(24(35)36)17(14-25)22-23(34)38-16-19-27(5,10-9-21(32)33)18(26(3,4)37)8-11-28(19,6)29(22,7)15-20(30)31/h17-20,22,31,37H,8-16H2,1-7H3,(H,32,33)(H,35,36)/t17-,18-,19+,20+,22-,27-,28+,29+,30+/m0/s1. The number of aliphatic hydroxyl groups excluding tert-OH is 1. The molecule has 216 valence electrons. The molecule has 8 nitrogen and oxygen atoms in total. The molecule has 3 aliphatic carbocycles. The molecule has 0 radical (unpaired) electrons. The van der Waals surface area contributed by atoms with E-state index in [9.17, 15) is 34.8 Å². The number of hydrogen-bond acceptors (Lipinski definition) is 6. The lowest BCUT2D eigenvalue weighted by Gasteiger charge is -2.67. The molecular weight excluding hydrogens is 488 g/mol. The third-order valence-electron chi connectivity index (χ3n) is 12.3. The summed E-state index contributed by atoms with van der Waals surface area (Å²) in [4.78, 5) is 38.6. The van der Waals surface area contributed by atoms with Gasteiger partial charge < -0.3 is 25.2 Å². The predicted molar refractivity (Wildman–Crippen MR) is 140 cm³/mol. The zero-order valence-corrected chi connectivity index (χ0v) is 24.2. The van der Waals surface area contributed by atoms with E-state index in [1.165, 1.54) is 0 Å². The third kappa shape index (κ3) is 4.03. The van der Waals surface area contributed by atoms with Crippen molar-refractivity contribution in [1.29, 1.82) is 0 Å². The van der Waals surface area contributed by atoms with Gasteiger partial charge in [-0.05, 0) is 92.3 Å². The molecule has 1 heterocycles. The van der Waals surface area contributed by atoms with E-state index in [4.69, 9.17) is 4.74 Å². The van der Waals surface area contributed by atoms with Crippen molar-refractivity contribution in [2.75, 3.05) is 6.61 Å². The molecule has 4 N–H and O–H groups in total. The van der Waals surface area contributed by atoms with Gasteiger partial charge in [-0.3, -0.25) is 14.4 Å². The topological polar surface area (TPSA) is 141 Å². The Morgan fingerprint density at radius 2 is 1.63 bits per heavy atom. The molecule has 38 heavy (non-hydrogen) atoms. The molecule has 9 atom stereocenters. The molecule has 0 aromatic carbocycles. The van der Waals surface area contributed by atoms with E-state index in [-0.39, 0.29) is 36.7 Å². The van der Waals surface area contributed by atoms with Gasteiger partial charge in [-0.1, -0.05) is 34.6 Å². The average molecular weight is 537 g/mol. The van der Waals surface area contributed by atoms with E-state index in [1.807, 2.05) is 13.8 Å². The van der Waals surface area contributed by atoms with Crippen molar-refractivity contribution in [2.24, 2.45) is 50.7 Å². The van der Waals surface area contributed by atoms with Gasteiger partial charge in [-0.15, -0.1) is 0 Å². The lowest BCUT2D eigenvalue weighted by molar-refractivity contribution is -0.236. The molecule has 4 fully saturated rings. The maximum atomic E-state index is 14.0. The second-order valence-corrected chi connectivity index (χ2v) is 15.2. The summed E-state index contributed by atoms with van der Waals surface area (Å²) in [6, 6.07) is 0. The molecule has 0 bridgehead atoms. The first-order chi connectivity index (χ1) is 17.3. The fraction of sp³-hybridized carbons (Fsp3) is 0.900. The Morgan fingerprint density at radius 3 is 2.18 bits per heavy atom. The molecular formula is C30H48O8. The lowest BCUT2D eigenvalue weighted by Crippen LogP contribution is -2.68. The van der Waals surface area contributed by atoms with Gasteiger partial charge in [-0.25, -0.2) is 0 Å². The molecule has 1 aliphatic heterocycles. The number of carbonyl (C=O) groups is 3. The normalized spacial score (nSPS) is 46.6. The number of carboxylic acids is 2. The summed E-state index contributed by atoms with van der Waals surface area (Å²) in [5.41, 5.74) is -4.61. The van der Waals surface area contributed by atoms with Crippen LogP contribution in [-0.4, -0.2) is 56.6 Å². The summed E-state index contributed by atoms with van der Waals surface area (Å²) in [6.07, 6.45) is 2.12. The van der Waals surface area contributed by atoms with Crippen molar-refractivity contribution in [3.05, 3.63) is 0 Å². The summed E-state index contributed by atoms with van der Waals surface area (Å²) < 4.78 is 6.07. The summed E-state index contributed by atoms with van der Waals surface area (Å²) >= 11 is 0. The number of rotatable bonds is 5. The van der Waals surface area contributed by atoms with E-state index in [1.54, 1.807) is 13.8 Å². The molecule has 3 saturated carbocycles. The van der Waals surface area contributed by atoms with Gasteiger partial charge in [0, 0.05) is 12.3 Å². The van der Waals surface area contributed by atoms with Crippen molar-refractivity contribution in [2.45, 2.75) is 112 Å². The maximum Gasteiger partial charge on any atom is 0.312 e. The minimum Gasteiger partial charge on any atom is -0.481 e. The molecule has 8 heteroatoms. The largest absolute Gasteiger partial charge is 0.481 e. The molecule has 0 unspecified atom stereocenters. The third-order valence-corrected chi connectivity index (χ3v) is 12.3. The number of carboxylic acid groups (broad SMARTS) is 2. The van der Waals surface area contributed by atoms with E-state index < -0.39 is 63.1 Å². The van der Waals surface area contributed by atoms with Crippen molar-refractivity contribution in [1.82, 2.24) is 0 Å². The second-order valence-electron chi connectivity index (χ2n) is 15.2. The Bertz CT molecular complexity index is 999. The van der Waals surface area contributed by atoms with Crippen LogP contribution >= 0.6 is 0 Å². The smallest absolute Gasteiger partial charge is 0.312 e. The quantitative estimate of drug-likeness (QED) is 0.376. The Kier molecular flexibility index (Phi) is 6.88. The van der Waals surface area contributed by atoms with Crippen LogP contribution in [0.4, 0.5) is 0 Å². The second kappa shape index (κ2) is 8.92. The van der Waals surface area contributed by atoms with Gasteiger partial charge in [0.2, 0.25) is 0 Å². The minimum atomic E-state index is -1.40. The molecule has 4 rings (SSSR count). The van der Waals surface area contributed by atoms with Gasteiger partial charge in [0.05, 0.1) is 29.6 Å². The highest BCUT2D eigenvalue weighted by atomic mass is 16.5. The highest BCUT2D eigenvalue weighted by Gasteiger charge is 2.73.